The lowest BCUT2D eigenvalue weighted by molar-refractivity contribution is -0.146. The van der Waals surface area contributed by atoms with E-state index >= 15 is 0 Å². The lowest BCUT2D eigenvalue weighted by Gasteiger charge is -2.05. The zero-order chi connectivity index (χ0) is 12.4. The summed E-state index contributed by atoms with van der Waals surface area (Å²) in [6.07, 6.45) is 2.02. The topological polar surface area (TPSA) is 43.6 Å². The summed E-state index contributed by atoms with van der Waals surface area (Å²) in [5.74, 6) is -0.235. The van der Waals surface area contributed by atoms with E-state index in [1.165, 1.54) is 0 Å². The van der Waals surface area contributed by atoms with E-state index < -0.39 is 0 Å². The third-order valence-electron chi connectivity index (χ3n) is 2.44. The molecule has 17 heavy (non-hydrogen) atoms. The van der Waals surface area contributed by atoms with Crippen molar-refractivity contribution in [3.8, 4) is 0 Å². The van der Waals surface area contributed by atoms with Crippen molar-refractivity contribution in [2.24, 2.45) is 0 Å². The summed E-state index contributed by atoms with van der Waals surface area (Å²) in [5.41, 5.74) is 2.70. The second-order valence-corrected chi connectivity index (χ2v) is 4.34. The first-order chi connectivity index (χ1) is 8.06. The van der Waals surface area contributed by atoms with Crippen LogP contribution in [-0.2, 0) is 16.0 Å². The number of ether oxygens (including phenoxy) is 1. The molecular formula is C13H16N2O2. The number of esters is 1. The number of nitrogens with zero attached hydrogens (tertiary/aromatic N) is 2. The van der Waals surface area contributed by atoms with Gasteiger partial charge in [0.15, 0.2) is 0 Å². The molecule has 2 rings (SSSR count). The summed E-state index contributed by atoms with van der Waals surface area (Å²) < 4.78 is 7.06. The summed E-state index contributed by atoms with van der Waals surface area (Å²) in [7, 11) is 0. The fraction of sp³-hybridized carbons (Fsp3) is 0.385. The summed E-state index contributed by atoms with van der Waals surface area (Å²) >= 11 is 0. The van der Waals surface area contributed by atoms with Crippen molar-refractivity contribution in [2.75, 3.05) is 0 Å². The first-order valence-corrected chi connectivity index (χ1v) is 5.69. The lowest BCUT2D eigenvalue weighted by atomic mass is 10.3. The fourth-order valence-corrected chi connectivity index (χ4v) is 1.74. The van der Waals surface area contributed by atoms with Gasteiger partial charge in [0.25, 0.3) is 0 Å². The second-order valence-electron chi connectivity index (χ2n) is 4.34. The van der Waals surface area contributed by atoms with E-state index in [1.807, 2.05) is 49.6 Å². The molecule has 0 atom stereocenters. The smallest absolute Gasteiger partial charge is 0.312 e. The molecule has 2 aromatic heterocycles. The van der Waals surface area contributed by atoms with Gasteiger partial charge in [-0.05, 0) is 32.9 Å². The number of aromatic nitrogens is 2. The quantitative estimate of drug-likeness (QED) is 0.761. The Hall–Kier alpha value is -1.84. The van der Waals surface area contributed by atoms with Crippen LogP contribution in [0.3, 0.4) is 0 Å². The highest BCUT2D eigenvalue weighted by atomic mass is 16.5. The molecule has 0 unspecified atom stereocenters. The molecule has 0 aliphatic heterocycles. The van der Waals surface area contributed by atoms with Crippen LogP contribution < -0.4 is 0 Å². The molecular weight excluding hydrogens is 216 g/mol. The third kappa shape index (κ3) is 2.64. The van der Waals surface area contributed by atoms with Crippen molar-refractivity contribution in [3.05, 3.63) is 35.8 Å². The predicted octanol–water partition coefficient (Wildman–Crippen LogP) is 2.14. The number of imidazole rings is 1. The molecule has 0 aliphatic rings. The minimum absolute atomic E-state index is 0.0822. The van der Waals surface area contributed by atoms with Gasteiger partial charge in [-0.15, -0.1) is 0 Å². The number of pyridine rings is 1. The van der Waals surface area contributed by atoms with Gasteiger partial charge in [-0.3, -0.25) is 4.79 Å². The summed E-state index contributed by atoms with van der Waals surface area (Å²) in [5, 5.41) is 0. The monoisotopic (exact) mass is 232 g/mol. The Labute approximate surface area is 100 Å². The van der Waals surface area contributed by atoms with E-state index in [9.17, 15) is 4.79 Å². The van der Waals surface area contributed by atoms with E-state index in [4.69, 9.17) is 4.74 Å². The zero-order valence-corrected chi connectivity index (χ0v) is 10.3. The average molecular weight is 232 g/mol. The van der Waals surface area contributed by atoms with Gasteiger partial charge in [0.05, 0.1) is 18.2 Å². The fourth-order valence-electron chi connectivity index (χ4n) is 1.74. The van der Waals surface area contributed by atoms with Gasteiger partial charge in [0, 0.05) is 11.9 Å². The Balaban J connectivity index is 2.20. The van der Waals surface area contributed by atoms with E-state index in [0.717, 1.165) is 17.0 Å². The highest BCUT2D eigenvalue weighted by Gasteiger charge is 2.10. The predicted molar refractivity (Wildman–Crippen MR) is 64.9 cm³/mol. The Morgan fingerprint density at radius 1 is 1.47 bits per heavy atom. The van der Waals surface area contributed by atoms with E-state index in [1.54, 1.807) is 0 Å². The van der Waals surface area contributed by atoms with Crippen LogP contribution in [0.2, 0.25) is 0 Å². The number of fused-ring (bicyclic) bond motifs is 1. The SMILES string of the molecule is Cc1cccc2nc(CC(=O)OC(C)C)cn12. The van der Waals surface area contributed by atoms with Crippen LogP contribution in [0.25, 0.3) is 5.65 Å². The molecule has 0 aromatic carbocycles. The Morgan fingerprint density at radius 3 is 2.88 bits per heavy atom. The van der Waals surface area contributed by atoms with Gasteiger partial charge in [0.1, 0.15) is 5.65 Å². The van der Waals surface area contributed by atoms with Gasteiger partial charge in [-0.25, -0.2) is 4.98 Å². The van der Waals surface area contributed by atoms with Crippen LogP contribution >= 0.6 is 0 Å². The molecule has 0 N–H and O–H groups in total. The zero-order valence-electron chi connectivity index (χ0n) is 10.3. The van der Waals surface area contributed by atoms with Crippen LogP contribution in [0.4, 0.5) is 0 Å². The van der Waals surface area contributed by atoms with Crippen LogP contribution in [0.15, 0.2) is 24.4 Å². The lowest BCUT2D eigenvalue weighted by Crippen LogP contribution is -2.13. The molecule has 2 aromatic rings. The van der Waals surface area contributed by atoms with E-state index in [-0.39, 0.29) is 18.5 Å². The van der Waals surface area contributed by atoms with Crippen LogP contribution in [0.1, 0.15) is 25.2 Å². The molecule has 0 saturated heterocycles. The second kappa shape index (κ2) is 4.57. The van der Waals surface area contributed by atoms with Crippen molar-refractivity contribution in [1.82, 2.24) is 9.38 Å². The molecule has 0 bridgehead atoms. The molecule has 0 aliphatic carbocycles. The molecule has 2 heterocycles. The summed E-state index contributed by atoms with van der Waals surface area (Å²) in [6.45, 7) is 5.68. The number of carbonyl (C=O) groups is 1. The molecule has 4 nitrogen and oxygen atoms in total. The standard InChI is InChI=1S/C13H16N2O2/c1-9(2)17-13(16)7-11-8-15-10(3)5-4-6-12(15)14-11/h4-6,8-9H,7H2,1-3H3. The highest BCUT2D eigenvalue weighted by Crippen LogP contribution is 2.09. The Kier molecular flexibility index (Phi) is 3.13. The minimum atomic E-state index is -0.235. The summed E-state index contributed by atoms with van der Waals surface area (Å²) in [6, 6.07) is 5.88. The van der Waals surface area contributed by atoms with Crippen molar-refractivity contribution in [3.63, 3.8) is 0 Å². The molecule has 0 amide bonds. The summed E-state index contributed by atoms with van der Waals surface area (Å²) in [4.78, 5) is 15.9. The van der Waals surface area contributed by atoms with Gasteiger partial charge in [-0.2, -0.15) is 0 Å². The minimum Gasteiger partial charge on any atom is -0.463 e. The molecule has 0 radical (unpaired) electrons. The average Bonchev–Trinajstić information content (AvgIpc) is 2.60. The number of carbonyl (C=O) groups excluding carboxylic acids is 1. The normalized spacial score (nSPS) is 11.1. The third-order valence-corrected chi connectivity index (χ3v) is 2.44. The molecule has 0 fully saturated rings. The van der Waals surface area contributed by atoms with Crippen molar-refractivity contribution < 1.29 is 9.53 Å². The maximum absolute atomic E-state index is 11.5. The van der Waals surface area contributed by atoms with Gasteiger partial charge in [0.2, 0.25) is 0 Å². The van der Waals surface area contributed by atoms with E-state index in [2.05, 4.69) is 4.98 Å². The Morgan fingerprint density at radius 2 is 2.24 bits per heavy atom. The Bertz CT molecular complexity index is 543. The van der Waals surface area contributed by atoms with Crippen LogP contribution in [-0.4, -0.2) is 21.5 Å². The van der Waals surface area contributed by atoms with Gasteiger partial charge in [-0.1, -0.05) is 6.07 Å². The van der Waals surface area contributed by atoms with Crippen molar-refractivity contribution in [2.45, 2.75) is 33.3 Å². The first-order valence-electron chi connectivity index (χ1n) is 5.69. The van der Waals surface area contributed by atoms with Crippen molar-refractivity contribution >= 4 is 11.6 Å². The van der Waals surface area contributed by atoms with Crippen LogP contribution in [0.5, 0.6) is 0 Å². The molecule has 90 valence electrons. The number of hydrogen-bond donors (Lipinski definition) is 0. The van der Waals surface area contributed by atoms with Gasteiger partial charge >= 0.3 is 5.97 Å². The molecule has 4 heteroatoms. The van der Waals surface area contributed by atoms with E-state index in [0.29, 0.717) is 0 Å². The van der Waals surface area contributed by atoms with Crippen LogP contribution in [0, 0.1) is 6.92 Å². The number of aryl methyl sites for hydroxylation is 1. The largest absolute Gasteiger partial charge is 0.463 e. The maximum Gasteiger partial charge on any atom is 0.312 e. The number of hydrogen-bond acceptors (Lipinski definition) is 3. The highest BCUT2D eigenvalue weighted by molar-refractivity contribution is 5.72. The molecule has 0 saturated carbocycles. The molecule has 0 spiro atoms. The number of rotatable bonds is 3. The van der Waals surface area contributed by atoms with Crippen molar-refractivity contribution in [1.29, 1.82) is 0 Å². The first kappa shape index (κ1) is 11.6. The van der Waals surface area contributed by atoms with Gasteiger partial charge < -0.3 is 9.14 Å². The maximum atomic E-state index is 11.5.